The number of carbonyl (C=O) groups is 1. The largest absolute Gasteiger partial charge is 0.435 e. The van der Waals surface area contributed by atoms with E-state index < -0.39 is 6.61 Å². The lowest BCUT2D eigenvalue weighted by atomic mass is 10.0. The Bertz CT molecular complexity index is 792. The molecule has 1 amide bonds. The lowest BCUT2D eigenvalue weighted by Gasteiger charge is -2.35. The van der Waals surface area contributed by atoms with E-state index in [4.69, 9.17) is 0 Å². The van der Waals surface area contributed by atoms with Crippen molar-refractivity contribution in [1.82, 2.24) is 9.88 Å². The highest BCUT2D eigenvalue weighted by Crippen LogP contribution is 2.22. The minimum atomic E-state index is -2.86. The summed E-state index contributed by atoms with van der Waals surface area (Å²) >= 11 is 1.63. The van der Waals surface area contributed by atoms with E-state index in [0.29, 0.717) is 11.7 Å². The normalized spacial score (nSPS) is 16.6. The first-order chi connectivity index (χ1) is 13.9. The molecule has 0 spiro atoms. The number of nitrogens with zero attached hydrogens (tertiary/aromatic N) is 2. The topological polar surface area (TPSA) is 66.5 Å². The Morgan fingerprint density at radius 1 is 1.31 bits per heavy atom. The van der Waals surface area contributed by atoms with Gasteiger partial charge in [0.1, 0.15) is 5.75 Å². The zero-order chi connectivity index (χ0) is 20.8. The van der Waals surface area contributed by atoms with Crippen LogP contribution in [0.25, 0.3) is 0 Å². The first-order valence-electron chi connectivity index (χ1n) is 9.75. The van der Waals surface area contributed by atoms with Crippen molar-refractivity contribution >= 4 is 28.1 Å². The highest BCUT2D eigenvalue weighted by Gasteiger charge is 2.27. The number of aromatic nitrogens is 1. The number of alkyl halides is 2. The highest BCUT2D eigenvalue weighted by atomic mass is 32.1. The summed E-state index contributed by atoms with van der Waals surface area (Å²) < 4.78 is 28.7. The van der Waals surface area contributed by atoms with E-state index in [1.54, 1.807) is 23.5 Å². The fraction of sp³-hybridized carbons (Fsp3) is 0.500. The van der Waals surface area contributed by atoms with E-state index in [9.17, 15) is 13.6 Å². The van der Waals surface area contributed by atoms with Gasteiger partial charge in [0.15, 0.2) is 5.13 Å². The Balaban J connectivity index is 1.45. The summed E-state index contributed by atoms with van der Waals surface area (Å²) in [5.41, 5.74) is 1.66. The van der Waals surface area contributed by atoms with Crippen LogP contribution in [-0.4, -0.2) is 47.6 Å². The van der Waals surface area contributed by atoms with E-state index in [2.05, 4.69) is 37.6 Å². The molecule has 6 nitrogen and oxygen atoms in total. The Morgan fingerprint density at radius 2 is 2.00 bits per heavy atom. The minimum Gasteiger partial charge on any atom is -0.435 e. The van der Waals surface area contributed by atoms with Crippen molar-refractivity contribution in [2.75, 3.05) is 23.7 Å². The number of nitrogens with one attached hydrogen (secondary N) is 2. The maximum atomic E-state index is 12.6. The number of ether oxygens (including phenoxy) is 1. The average Bonchev–Trinajstić information content (AvgIpc) is 3.16. The van der Waals surface area contributed by atoms with Gasteiger partial charge in [-0.2, -0.15) is 8.78 Å². The SMILES string of the molecule is CCc1csc(NC2CCN([C@H](C)C(=O)Nc3ccc(OC(F)F)cc3)CC2)n1. The van der Waals surface area contributed by atoms with Crippen molar-refractivity contribution < 1.29 is 18.3 Å². The molecule has 2 N–H and O–H groups in total. The number of thiazole rings is 1. The van der Waals surface area contributed by atoms with Crippen LogP contribution >= 0.6 is 11.3 Å². The van der Waals surface area contributed by atoms with Crippen LogP contribution in [0.1, 0.15) is 32.4 Å². The molecule has 1 atom stereocenters. The number of benzene rings is 1. The molecule has 1 aromatic heterocycles. The van der Waals surface area contributed by atoms with Gasteiger partial charge in [-0.3, -0.25) is 9.69 Å². The number of halogens is 2. The third-order valence-corrected chi connectivity index (χ3v) is 5.87. The number of carbonyl (C=O) groups excluding carboxylic acids is 1. The van der Waals surface area contributed by atoms with Crippen LogP contribution in [0.3, 0.4) is 0 Å². The first-order valence-corrected chi connectivity index (χ1v) is 10.6. The third-order valence-electron chi connectivity index (χ3n) is 5.05. The van der Waals surface area contributed by atoms with Crippen molar-refractivity contribution in [2.45, 2.75) is 51.8 Å². The van der Waals surface area contributed by atoms with Gasteiger partial charge < -0.3 is 15.4 Å². The monoisotopic (exact) mass is 424 g/mol. The number of hydrogen-bond donors (Lipinski definition) is 2. The summed E-state index contributed by atoms with van der Waals surface area (Å²) in [6.45, 7) is 2.75. The zero-order valence-electron chi connectivity index (χ0n) is 16.5. The summed E-state index contributed by atoms with van der Waals surface area (Å²) in [4.78, 5) is 19.3. The van der Waals surface area contributed by atoms with E-state index >= 15 is 0 Å². The van der Waals surface area contributed by atoms with Gasteiger partial charge in [-0.05, 0) is 50.5 Å². The second-order valence-electron chi connectivity index (χ2n) is 7.02. The molecule has 0 saturated carbocycles. The van der Waals surface area contributed by atoms with E-state index in [0.717, 1.165) is 43.2 Å². The van der Waals surface area contributed by atoms with Crippen LogP contribution in [0.15, 0.2) is 29.6 Å². The molecule has 9 heteroatoms. The number of amides is 1. The molecule has 1 fully saturated rings. The lowest BCUT2D eigenvalue weighted by molar-refractivity contribution is -0.121. The fourth-order valence-corrected chi connectivity index (χ4v) is 4.15. The molecule has 1 aliphatic rings. The lowest BCUT2D eigenvalue weighted by Crippen LogP contribution is -2.48. The molecule has 3 rings (SSSR count). The zero-order valence-corrected chi connectivity index (χ0v) is 17.3. The van der Waals surface area contributed by atoms with Crippen molar-refractivity contribution in [2.24, 2.45) is 0 Å². The molecule has 2 heterocycles. The third kappa shape index (κ3) is 6.11. The summed E-state index contributed by atoms with van der Waals surface area (Å²) in [6.07, 6.45) is 2.82. The Labute approximate surface area is 173 Å². The minimum absolute atomic E-state index is 0.0620. The summed E-state index contributed by atoms with van der Waals surface area (Å²) in [7, 11) is 0. The standard InChI is InChI=1S/C20H26F2N4O2S/c1-3-14-12-29-20(24-14)25-16-8-10-26(11-9-16)13(2)18(27)23-15-4-6-17(7-5-15)28-19(21)22/h4-7,12-13,16,19H,3,8-11H2,1-2H3,(H,23,27)(H,24,25)/t13-/m1/s1. The molecular formula is C20H26F2N4O2S. The van der Waals surface area contributed by atoms with Crippen LogP contribution in [0, 0.1) is 0 Å². The van der Waals surface area contributed by atoms with E-state index in [1.807, 2.05) is 6.92 Å². The van der Waals surface area contributed by atoms with E-state index in [-0.39, 0.29) is 17.7 Å². The number of aryl methyl sites for hydroxylation is 1. The second kappa shape index (κ2) is 9.98. The predicted molar refractivity (Wildman–Crippen MR) is 111 cm³/mol. The Hall–Kier alpha value is -2.26. The van der Waals surface area contributed by atoms with Gasteiger partial charge in [-0.25, -0.2) is 4.98 Å². The molecule has 0 bridgehead atoms. The second-order valence-corrected chi connectivity index (χ2v) is 7.88. The molecule has 158 valence electrons. The van der Waals surface area contributed by atoms with Gasteiger partial charge in [0.2, 0.25) is 5.91 Å². The van der Waals surface area contributed by atoms with Crippen molar-refractivity contribution in [3.63, 3.8) is 0 Å². The molecule has 29 heavy (non-hydrogen) atoms. The van der Waals surface area contributed by atoms with Crippen molar-refractivity contribution in [3.8, 4) is 5.75 Å². The molecule has 2 aromatic rings. The quantitative estimate of drug-likeness (QED) is 0.665. The van der Waals surface area contributed by atoms with Crippen molar-refractivity contribution in [1.29, 1.82) is 0 Å². The average molecular weight is 425 g/mol. The van der Waals surface area contributed by atoms with Crippen LogP contribution in [-0.2, 0) is 11.2 Å². The molecule has 1 aromatic carbocycles. The summed E-state index contributed by atoms with van der Waals surface area (Å²) in [5, 5.41) is 9.37. The van der Waals surface area contributed by atoms with Gasteiger partial charge in [0.05, 0.1) is 11.7 Å². The fourth-order valence-electron chi connectivity index (χ4n) is 3.27. The van der Waals surface area contributed by atoms with Crippen LogP contribution < -0.4 is 15.4 Å². The molecule has 1 aliphatic heterocycles. The molecule has 0 radical (unpaired) electrons. The van der Waals surface area contributed by atoms with Crippen LogP contribution in [0.2, 0.25) is 0 Å². The maximum Gasteiger partial charge on any atom is 0.387 e. The number of piperidine rings is 1. The van der Waals surface area contributed by atoms with Gasteiger partial charge in [0, 0.05) is 30.2 Å². The first kappa shape index (κ1) is 21.4. The number of likely N-dealkylation sites (tertiary alicyclic amines) is 1. The maximum absolute atomic E-state index is 12.6. The number of hydrogen-bond acceptors (Lipinski definition) is 6. The van der Waals surface area contributed by atoms with Gasteiger partial charge in [-0.1, -0.05) is 6.92 Å². The Kier molecular flexibility index (Phi) is 7.38. The van der Waals surface area contributed by atoms with Gasteiger partial charge in [0.25, 0.3) is 0 Å². The summed E-state index contributed by atoms with van der Waals surface area (Å²) in [6, 6.07) is 6.01. The van der Waals surface area contributed by atoms with Crippen molar-refractivity contribution in [3.05, 3.63) is 35.3 Å². The van der Waals surface area contributed by atoms with E-state index in [1.165, 1.54) is 12.1 Å². The highest BCUT2D eigenvalue weighted by molar-refractivity contribution is 7.13. The van der Waals surface area contributed by atoms with Gasteiger partial charge in [-0.15, -0.1) is 11.3 Å². The molecule has 1 saturated heterocycles. The van der Waals surface area contributed by atoms with Crippen LogP contribution in [0.5, 0.6) is 5.75 Å². The number of rotatable bonds is 8. The van der Waals surface area contributed by atoms with Gasteiger partial charge >= 0.3 is 6.61 Å². The predicted octanol–water partition coefficient (Wildman–Crippen LogP) is 4.21. The molecule has 0 aliphatic carbocycles. The van der Waals surface area contributed by atoms with Crippen LogP contribution in [0.4, 0.5) is 19.6 Å². The molecule has 0 unspecified atom stereocenters. The smallest absolute Gasteiger partial charge is 0.387 e. The molecular weight excluding hydrogens is 398 g/mol. The summed E-state index contributed by atoms with van der Waals surface area (Å²) in [5.74, 6) is -0.0571. The Morgan fingerprint density at radius 3 is 2.59 bits per heavy atom. The number of anilines is 2.